The molecule has 104 valence electrons. The van der Waals surface area contributed by atoms with Gasteiger partial charge in [0.1, 0.15) is 0 Å². The second kappa shape index (κ2) is 7.99. The molecule has 7 heteroatoms. The smallest absolute Gasteiger partial charge is 0.309 e. The highest BCUT2D eigenvalue weighted by Crippen LogP contribution is 2.18. The molecule has 0 atom stereocenters. The number of rotatable bonds is 7. The van der Waals surface area contributed by atoms with Gasteiger partial charge in [0.2, 0.25) is 0 Å². The molecule has 0 aromatic carbocycles. The molecule has 0 bridgehead atoms. The van der Waals surface area contributed by atoms with Crippen LogP contribution in [-0.2, 0) is 14.3 Å². The van der Waals surface area contributed by atoms with Gasteiger partial charge in [0.25, 0.3) is 0 Å². The van der Waals surface area contributed by atoms with Crippen molar-refractivity contribution < 1.29 is 14.3 Å². The molecule has 0 aliphatic rings. The summed E-state index contributed by atoms with van der Waals surface area (Å²) >= 11 is 4.59. The van der Waals surface area contributed by atoms with Crippen molar-refractivity contribution >= 4 is 29.0 Å². The molecule has 0 aliphatic carbocycles. The van der Waals surface area contributed by atoms with E-state index in [-0.39, 0.29) is 16.9 Å². The molecule has 0 rings (SSSR count). The molecular formula is C11H21N3O3S. The van der Waals surface area contributed by atoms with Gasteiger partial charge >= 0.3 is 11.8 Å². The van der Waals surface area contributed by atoms with E-state index in [0.29, 0.717) is 13.2 Å². The van der Waals surface area contributed by atoms with Gasteiger partial charge < -0.3 is 21.1 Å². The Morgan fingerprint density at radius 1 is 1.28 bits per heavy atom. The Morgan fingerprint density at radius 2 is 1.83 bits per heavy atom. The first kappa shape index (κ1) is 16.8. The highest BCUT2D eigenvalue weighted by molar-refractivity contribution is 7.80. The molecule has 2 amide bonds. The van der Waals surface area contributed by atoms with Crippen LogP contribution in [0.1, 0.15) is 20.3 Å². The first-order chi connectivity index (χ1) is 8.28. The largest absolute Gasteiger partial charge is 0.392 e. The highest BCUT2D eigenvalue weighted by Gasteiger charge is 2.21. The zero-order valence-electron chi connectivity index (χ0n) is 11.0. The Bertz CT molecular complexity index is 319. The van der Waals surface area contributed by atoms with Crippen LogP contribution < -0.4 is 16.4 Å². The zero-order valence-corrected chi connectivity index (χ0v) is 11.9. The number of hydrogen-bond donors (Lipinski definition) is 3. The lowest BCUT2D eigenvalue weighted by atomic mass is 9.90. The Morgan fingerprint density at radius 3 is 2.33 bits per heavy atom. The van der Waals surface area contributed by atoms with E-state index in [1.165, 1.54) is 0 Å². The van der Waals surface area contributed by atoms with E-state index in [2.05, 4.69) is 22.9 Å². The maximum Gasteiger partial charge on any atom is 0.309 e. The van der Waals surface area contributed by atoms with E-state index in [4.69, 9.17) is 10.5 Å². The van der Waals surface area contributed by atoms with E-state index in [1.807, 2.05) is 13.8 Å². The summed E-state index contributed by atoms with van der Waals surface area (Å²) in [6.07, 6.45) is 0.790. The quantitative estimate of drug-likeness (QED) is 0.433. The van der Waals surface area contributed by atoms with Gasteiger partial charge in [0, 0.05) is 20.3 Å². The van der Waals surface area contributed by atoms with Crippen molar-refractivity contribution in [3.05, 3.63) is 0 Å². The molecule has 0 saturated carbocycles. The minimum atomic E-state index is -0.731. The first-order valence-electron chi connectivity index (χ1n) is 5.62. The van der Waals surface area contributed by atoms with Gasteiger partial charge in [0.05, 0.1) is 11.5 Å². The maximum absolute atomic E-state index is 11.4. The van der Waals surface area contributed by atoms with Crippen molar-refractivity contribution in [2.45, 2.75) is 20.3 Å². The van der Waals surface area contributed by atoms with Crippen LogP contribution >= 0.6 is 12.2 Å². The minimum absolute atomic E-state index is 0.0225. The maximum atomic E-state index is 11.4. The monoisotopic (exact) mass is 275 g/mol. The Labute approximate surface area is 113 Å². The summed E-state index contributed by atoms with van der Waals surface area (Å²) in [5.74, 6) is -1.41. The lowest BCUT2D eigenvalue weighted by Gasteiger charge is -2.24. The number of methoxy groups -OCH3 is 1. The summed E-state index contributed by atoms with van der Waals surface area (Å²) in [5.41, 5.74) is 5.08. The average Bonchev–Trinajstić information content (AvgIpc) is 2.30. The van der Waals surface area contributed by atoms with Crippen LogP contribution in [0.4, 0.5) is 0 Å². The zero-order chi connectivity index (χ0) is 14.2. The SMILES string of the molecule is COCCC(C)(C)CNC(=O)C(=O)NCC(N)=S. The lowest BCUT2D eigenvalue weighted by molar-refractivity contribution is -0.139. The molecule has 0 aliphatic heterocycles. The average molecular weight is 275 g/mol. The number of ether oxygens (including phenoxy) is 1. The molecule has 0 spiro atoms. The molecule has 0 unspecified atom stereocenters. The summed E-state index contributed by atoms with van der Waals surface area (Å²) in [5, 5.41) is 4.88. The fourth-order valence-electron chi connectivity index (χ4n) is 1.11. The van der Waals surface area contributed by atoms with Gasteiger partial charge in [-0.1, -0.05) is 26.1 Å². The molecule has 6 nitrogen and oxygen atoms in total. The van der Waals surface area contributed by atoms with E-state index in [0.717, 1.165) is 6.42 Å². The van der Waals surface area contributed by atoms with Crippen molar-refractivity contribution in [1.29, 1.82) is 0 Å². The summed E-state index contributed by atoms with van der Waals surface area (Å²) < 4.78 is 4.98. The third kappa shape index (κ3) is 7.97. The predicted molar refractivity (Wildman–Crippen MR) is 73.1 cm³/mol. The molecule has 0 aromatic heterocycles. The normalized spacial score (nSPS) is 10.8. The molecule has 0 fully saturated rings. The van der Waals surface area contributed by atoms with E-state index >= 15 is 0 Å². The molecule has 4 N–H and O–H groups in total. The van der Waals surface area contributed by atoms with Gasteiger partial charge in [-0.25, -0.2) is 0 Å². The fourth-order valence-corrected chi connectivity index (χ4v) is 1.19. The number of hydrogen-bond acceptors (Lipinski definition) is 4. The third-order valence-electron chi connectivity index (χ3n) is 2.34. The topological polar surface area (TPSA) is 93.4 Å². The van der Waals surface area contributed by atoms with Crippen LogP contribution in [0.15, 0.2) is 0 Å². The Hall–Kier alpha value is -1.21. The number of carbonyl (C=O) groups excluding carboxylic acids is 2. The Balaban J connectivity index is 4.01. The van der Waals surface area contributed by atoms with Crippen molar-refractivity contribution in [3.8, 4) is 0 Å². The minimum Gasteiger partial charge on any atom is -0.392 e. The molecule has 18 heavy (non-hydrogen) atoms. The second-order valence-corrected chi connectivity index (χ2v) is 5.26. The lowest BCUT2D eigenvalue weighted by Crippen LogP contribution is -2.45. The van der Waals surface area contributed by atoms with E-state index in [9.17, 15) is 9.59 Å². The third-order valence-corrected chi connectivity index (χ3v) is 2.48. The van der Waals surface area contributed by atoms with Crippen molar-refractivity contribution in [3.63, 3.8) is 0 Å². The standard InChI is InChI=1S/C11H21N3O3S/c1-11(2,4-5-17-3)7-14-10(16)9(15)13-6-8(12)18/h4-7H2,1-3H3,(H2,12,18)(H,13,15)(H,14,16). The van der Waals surface area contributed by atoms with Crippen LogP contribution in [0.5, 0.6) is 0 Å². The van der Waals surface area contributed by atoms with Crippen LogP contribution in [0.2, 0.25) is 0 Å². The fraction of sp³-hybridized carbons (Fsp3) is 0.727. The van der Waals surface area contributed by atoms with Gasteiger partial charge in [-0.05, 0) is 11.8 Å². The van der Waals surface area contributed by atoms with Gasteiger partial charge in [-0.3, -0.25) is 9.59 Å². The van der Waals surface area contributed by atoms with Crippen LogP contribution in [0, 0.1) is 5.41 Å². The Kier molecular flexibility index (Phi) is 7.45. The van der Waals surface area contributed by atoms with Gasteiger partial charge in [0.15, 0.2) is 0 Å². The molecule has 0 saturated heterocycles. The van der Waals surface area contributed by atoms with Gasteiger partial charge in [-0.15, -0.1) is 0 Å². The number of amides is 2. The van der Waals surface area contributed by atoms with Crippen LogP contribution in [0.25, 0.3) is 0 Å². The van der Waals surface area contributed by atoms with Crippen molar-refractivity contribution in [1.82, 2.24) is 10.6 Å². The highest BCUT2D eigenvalue weighted by atomic mass is 32.1. The molecule has 0 radical (unpaired) electrons. The van der Waals surface area contributed by atoms with Gasteiger partial charge in [-0.2, -0.15) is 0 Å². The molecular weight excluding hydrogens is 254 g/mol. The van der Waals surface area contributed by atoms with Crippen molar-refractivity contribution in [2.75, 3.05) is 26.8 Å². The predicted octanol–water partition coefficient (Wildman–Crippen LogP) is -0.432. The van der Waals surface area contributed by atoms with E-state index in [1.54, 1.807) is 7.11 Å². The molecule has 0 heterocycles. The van der Waals surface area contributed by atoms with Crippen LogP contribution in [-0.4, -0.2) is 43.6 Å². The number of carbonyl (C=O) groups is 2. The first-order valence-corrected chi connectivity index (χ1v) is 6.02. The summed E-state index contributed by atoms with van der Waals surface area (Å²) in [7, 11) is 1.62. The summed E-state index contributed by atoms with van der Waals surface area (Å²) in [4.78, 5) is 22.9. The van der Waals surface area contributed by atoms with Crippen LogP contribution in [0.3, 0.4) is 0 Å². The molecule has 0 aromatic rings. The second-order valence-electron chi connectivity index (χ2n) is 4.74. The van der Waals surface area contributed by atoms with E-state index < -0.39 is 11.8 Å². The number of thiocarbonyl (C=S) groups is 1. The number of nitrogens with two attached hydrogens (primary N) is 1. The number of nitrogens with one attached hydrogen (secondary N) is 2. The summed E-state index contributed by atoms with van der Waals surface area (Å²) in [6.45, 7) is 5.00. The summed E-state index contributed by atoms with van der Waals surface area (Å²) in [6, 6.07) is 0. The van der Waals surface area contributed by atoms with Crippen molar-refractivity contribution in [2.24, 2.45) is 11.1 Å².